The van der Waals surface area contributed by atoms with Gasteiger partial charge in [0.2, 0.25) is 0 Å². The van der Waals surface area contributed by atoms with E-state index >= 15 is 0 Å². The lowest BCUT2D eigenvalue weighted by Gasteiger charge is -2.07. The van der Waals surface area contributed by atoms with Crippen molar-refractivity contribution >= 4 is 11.1 Å². The molecule has 0 saturated heterocycles. The third-order valence-corrected chi connectivity index (χ3v) is 4.72. The highest BCUT2D eigenvalue weighted by Crippen LogP contribution is 2.31. The molecule has 0 atom stereocenters. The van der Waals surface area contributed by atoms with Crippen LogP contribution in [0.4, 0.5) is 0 Å². The van der Waals surface area contributed by atoms with E-state index in [0.717, 1.165) is 6.42 Å². The summed E-state index contributed by atoms with van der Waals surface area (Å²) >= 11 is 0. The fourth-order valence-electron chi connectivity index (χ4n) is 3.56. The fourth-order valence-corrected chi connectivity index (χ4v) is 3.56. The summed E-state index contributed by atoms with van der Waals surface area (Å²) in [7, 11) is 0. The summed E-state index contributed by atoms with van der Waals surface area (Å²) in [6.45, 7) is 6.56. The van der Waals surface area contributed by atoms with Crippen molar-refractivity contribution in [1.29, 1.82) is 0 Å². The first kappa shape index (κ1) is 13.3. The second-order valence-corrected chi connectivity index (χ2v) is 6.50. The van der Waals surface area contributed by atoms with Gasteiger partial charge < -0.3 is 0 Å². The topological polar surface area (TPSA) is 0 Å². The maximum absolute atomic E-state index is 2.37. The standard InChI is InChI=1S/C22H20/c1-14(2)16-10-11-19-18-6-4-5-7-20(18)22(21(19)13-16)17-9-8-15(3)12-17/h4-8,10-13H,9H2,1-3H3. The molecule has 0 aromatic heterocycles. The minimum atomic E-state index is 1.05. The Balaban J connectivity index is 2.14. The van der Waals surface area contributed by atoms with E-state index in [0.29, 0.717) is 0 Å². The third-order valence-electron chi connectivity index (χ3n) is 4.72. The molecule has 0 amide bonds. The van der Waals surface area contributed by atoms with Crippen molar-refractivity contribution in [3.8, 4) is 0 Å². The smallest absolute Gasteiger partial charge is 0.00634 e. The minimum absolute atomic E-state index is 1.05. The van der Waals surface area contributed by atoms with E-state index in [-0.39, 0.29) is 0 Å². The van der Waals surface area contributed by atoms with Crippen LogP contribution >= 0.6 is 0 Å². The Morgan fingerprint density at radius 1 is 0.909 bits per heavy atom. The number of rotatable bonds is 1. The Morgan fingerprint density at radius 2 is 1.68 bits per heavy atom. The molecular weight excluding hydrogens is 264 g/mol. The number of hydrogen-bond acceptors (Lipinski definition) is 0. The maximum Gasteiger partial charge on any atom is -0.00634 e. The summed E-state index contributed by atoms with van der Waals surface area (Å²) in [4.78, 5) is 0. The predicted octanol–water partition coefficient (Wildman–Crippen LogP) is 3.95. The molecule has 2 aliphatic carbocycles. The molecule has 0 nitrogen and oxygen atoms in total. The summed E-state index contributed by atoms with van der Waals surface area (Å²) in [5.74, 6) is 0. The molecule has 22 heavy (non-hydrogen) atoms. The second-order valence-electron chi connectivity index (χ2n) is 6.50. The van der Waals surface area contributed by atoms with E-state index < -0.39 is 0 Å². The zero-order valence-electron chi connectivity index (χ0n) is 13.4. The molecule has 0 saturated carbocycles. The van der Waals surface area contributed by atoms with Crippen LogP contribution in [0.5, 0.6) is 0 Å². The van der Waals surface area contributed by atoms with Gasteiger partial charge >= 0.3 is 0 Å². The van der Waals surface area contributed by atoms with Gasteiger partial charge in [-0.05, 0) is 70.8 Å². The second kappa shape index (κ2) is 4.84. The Labute approximate surface area is 131 Å². The van der Waals surface area contributed by atoms with Crippen LogP contribution < -0.4 is 10.4 Å². The van der Waals surface area contributed by atoms with Crippen LogP contribution in [-0.2, 0) is 0 Å². The van der Waals surface area contributed by atoms with Crippen molar-refractivity contribution in [3.63, 3.8) is 0 Å². The minimum Gasteiger partial charge on any atom is -0.0772 e. The van der Waals surface area contributed by atoms with Crippen LogP contribution in [0, 0.1) is 10.4 Å². The van der Waals surface area contributed by atoms with Crippen LogP contribution in [0.25, 0.3) is 11.1 Å². The fraction of sp³-hybridized carbons (Fsp3) is 0.182. The first-order valence-corrected chi connectivity index (χ1v) is 7.94. The number of allylic oxidation sites excluding steroid dienone is 4. The van der Waals surface area contributed by atoms with E-state index in [9.17, 15) is 0 Å². The van der Waals surface area contributed by atoms with E-state index in [4.69, 9.17) is 0 Å². The van der Waals surface area contributed by atoms with Gasteiger partial charge in [0.15, 0.2) is 0 Å². The van der Waals surface area contributed by atoms with Gasteiger partial charge in [0.25, 0.3) is 0 Å². The summed E-state index contributed by atoms with van der Waals surface area (Å²) in [6.07, 6.45) is 5.72. The van der Waals surface area contributed by atoms with E-state index in [1.54, 1.807) is 0 Å². The van der Waals surface area contributed by atoms with Crippen molar-refractivity contribution in [2.75, 3.05) is 0 Å². The summed E-state index contributed by atoms with van der Waals surface area (Å²) in [6, 6.07) is 15.7. The van der Waals surface area contributed by atoms with Crippen molar-refractivity contribution in [1.82, 2.24) is 0 Å². The summed E-state index contributed by atoms with van der Waals surface area (Å²) < 4.78 is 0. The van der Waals surface area contributed by atoms with E-state index in [1.165, 1.54) is 48.7 Å². The van der Waals surface area contributed by atoms with Gasteiger partial charge in [-0.15, -0.1) is 0 Å². The highest BCUT2D eigenvalue weighted by molar-refractivity contribution is 5.83. The lowest BCUT2D eigenvalue weighted by Crippen LogP contribution is -2.08. The van der Waals surface area contributed by atoms with Crippen LogP contribution in [0.15, 0.2) is 65.8 Å². The van der Waals surface area contributed by atoms with Crippen LogP contribution in [-0.4, -0.2) is 0 Å². The van der Waals surface area contributed by atoms with Crippen molar-refractivity contribution in [2.24, 2.45) is 0 Å². The average Bonchev–Trinajstić information content (AvgIpc) is 3.07. The molecule has 2 aromatic carbocycles. The van der Waals surface area contributed by atoms with Crippen LogP contribution in [0.3, 0.4) is 0 Å². The summed E-state index contributed by atoms with van der Waals surface area (Å²) in [5.41, 5.74) is 7.03. The van der Waals surface area contributed by atoms with Gasteiger partial charge in [0.1, 0.15) is 0 Å². The van der Waals surface area contributed by atoms with Gasteiger partial charge in [-0.1, -0.05) is 59.7 Å². The maximum atomic E-state index is 2.37. The Morgan fingerprint density at radius 3 is 2.36 bits per heavy atom. The van der Waals surface area contributed by atoms with Crippen molar-refractivity contribution in [3.05, 3.63) is 92.2 Å². The van der Waals surface area contributed by atoms with Gasteiger partial charge in [-0.2, -0.15) is 0 Å². The molecule has 2 aromatic rings. The van der Waals surface area contributed by atoms with Gasteiger partial charge in [-0.25, -0.2) is 0 Å². The Kier molecular flexibility index (Phi) is 2.94. The lowest BCUT2D eigenvalue weighted by atomic mass is 9.96. The number of hydrogen-bond donors (Lipinski definition) is 0. The lowest BCUT2D eigenvalue weighted by molar-refractivity contribution is 1.32. The number of fused-ring (bicyclic) bond motifs is 2. The molecule has 0 spiro atoms. The Bertz CT molecular complexity index is 1060. The molecule has 108 valence electrons. The van der Waals surface area contributed by atoms with Gasteiger partial charge in [0, 0.05) is 0 Å². The van der Waals surface area contributed by atoms with Crippen LogP contribution in [0.1, 0.15) is 32.8 Å². The molecule has 4 rings (SSSR count). The normalized spacial score (nSPS) is 15.3. The number of benzene rings is 2. The molecule has 2 aliphatic rings. The zero-order chi connectivity index (χ0) is 15.3. The summed E-state index contributed by atoms with van der Waals surface area (Å²) in [5, 5.41) is 5.48. The van der Waals surface area contributed by atoms with Gasteiger partial charge in [-0.3, -0.25) is 0 Å². The predicted molar refractivity (Wildman–Crippen MR) is 93.5 cm³/mol. The molecule has 0 unspecified atom stereocenters. The largest absolute Gasteiger partial charge is 0.0772 e. The SMILES string of the molecule is CC1=CCC(C2=c3ccccc3=c3ccc(=C(C)C)cc32)=C1. The average molecular weight is 284 g/mol. The zero-order valence-corrected chi connectivity index (χ0v) is 13.4. The molecule has 0 N–H and O–H groups in total. The molecule has 0 heterocycles. The van der Waals surface area contributed by atoms with Crippen molar-refractivity contribution in [2.45, 2.75) is 27.2 Å². The monoisotopic (exact) mass is 284 g/mol. The molecule has 0 radical (unpaired) electrons. The highest BCUT2D eigenvalue weighted by Gasteiger charge is 2.17. The van der Waals surface area contributed by atoms with E-state index in [2.05, 4.69) is 75.4 Å². The van der Waals surface area contributed by atoms with Gasteiger partial charge in [0.05, 0.1) is 0 Å². The van der Waals surface area contributed by atoms with Crippen LogP contribution in [0.2, 0.25) is 0 Å². The Hall–Kier alpha value is -2.34. The van der Waals surface area contributed by atoms with E-state index in [1.807, 2.05) is 0 Å². The first-order chi connectivity index (χ1) is 10.6. The first-order valence-electron chi connectivity index (χ1n) is 7.94. The molecule has 0 bridgehead atoms. The third kappa shape index (κ3) is 1.91. The highest BCUT2D eigenvalue weighted by atomic mass is 14.2. The quantitative estimate of drug-likeness (QED) is 0.744. The molecule has 0 heteroatoms. The van der Waals surface area contributed by atoms with Crippen molar-refractivity contribution < 1.29 is 0 Å². The molecule has 0 aliphatic heterocycles. The molecular formula is C22H20. The molecule has 0 fully saturated rings.